The number of hydrogen-bond donors (Lipinski definition) is 1. The van der Waals surface area contributed by atoms with Crippen LogP contribution in [0.25, 0.3) is 11.2 Å². The summed E-state index contributed by atoms with van der Waals surface area (Å²) < 4.78 is 7.10. The van der Waals surface area contributed by atoms with Crippen LogP contribution in [0.3, 0.4) is 0 Å². The monoisotopic (exact) mass is 366 g/mol. The van der Waals surface area contributed by atoms with Crippen molar-refractivity contribution in [3.63, 3.8) is 0 Å². The first-order chi connectivity index (χ1) is 11.6. The molecule has 0 atom stereocenters. The fraction of sp³-hybridized carbons (Fsp3) is 0.588. The fourth-order valence-corrected chi connectivity index (χ4v) is 3.33. The number of fused-ring (bicyclic) bond motifs is 1. The van der Waals surface area contributed by atoms with E-state index in [-0.39, 0.29) is 11.8 Å². The largest absolute Gasteiger partial charge is 0.444 e. The lowest BCUT2D eigenvalue weighted by Gasteiger charge is -2.40. The van der Waals surface area contributed by atoms with Gasteiger partial charge in [-0.15, -0.1) is 0 Å². The van der Waals surface area contributed by atoms with Crippen molar-refractivity contribution in [3.05, 3.63) is 27.8 Å². The molecule has 2 aromatic rings. The van der Waals surface area contributed by atoms with E-state index in [1.165, 1.54) is 0 Å². The highest BCUT2D eigenvalue weighted by molar-refractivity contribution is 6.29. The molecule has 1 fully saturated rings. The zero-order valence-electron chi connectivity index (χ0n) is 14.9. The van der Waals surface area contributed by atoms with E-state index in [0.717, 1.165) is 0 Å². The van der Waals surface area contributed by atoms with Crippen LogP contribution in [-0.2, 0) is 10.3 Å². The van der Waals surface area contributed by atoms with Crippen LogP contribution in [0.5, 0.6) is 0 Å². The van der Waals surface area contributed by atoms with Crippen molar-refractivity contribution in [3.8, 4) is 0 Å². The summed E-state index contributed by atoms with van der Waals surface area (Å²) in [5.41, 5.74) is 0.0338. The van der Waals surface area contributed by atoms with Gasteiger partial charge in [0.25, 0.3) is 0 Å². The molecule has 3 rings (SSSR count). The van der Waals surface area contributed by atoms with Crippen LogP contribution in [0.15, 0.2) is 16.9 Å². The number of carbonyl (C=O) groups excluding carboxylic acids is 1. The molecule has 8 heteroatoms. The molecule has 0 radical (unpaired) electrons. The standard InChI is InChI=1S/C17H23ClN4O3/c1-16(2,3)25-15(24)21-9-7-17(4,8-10-21)22-13-11(19-14(22)23)5-6-12(18)20-13/h5-6H,7-10H2,1-4H3,(H,19,23). The highest BCUT2D eigenvalue weighted by Gasteiger charge is 2.37. The van der Waals surface area contributed by atoms with E-state index < -0.39 is 11.1 Å². The van der Waals surface area contributed by atoms with Gasteiger partial charge in [-0.2, -0.15) is 0 Å². The number of H-pyrrole nitrogens is 1. The number of nitrogens with zero attached hydrogens (tertiary/aromatic N) is 3. The maximum atomic E-state index is 12.5. The molecule has 3 heterocycles. The summed E-state index contributed by atoms with van der Waals surface area (Å²) in [6.45, 7) is 8.59. The van der Waals surface area contributed by atoms with E-state index in [4.69, 9.17) is 16.3 Å². The van der Waals surface area contributed by atoms with Gasteiger partial charge in [-0.3, -0.25) is 4.57 Å². The molecule has 1 N–H and O–H groups in total. The summed E-state index contributed by atoms with van der Waals surface area (Å²) in [6, 6.07) is 3.40. The number of aromatic nitrogens is 3. The number of nitrogens with one attached hydrogen (secondary N) is 1. The number of piperidine rings is 1. The third-order valence-electron chi connectivity index (χ3n) is 4.53. The van der Waals surface area contributed by atoms with Gasteiger partial charge in [-0.1, -0.05) is 11.6 Å². The Kier molecular flexibility index (Phi) is 4.31. The van der Waals surface area contributed by atoms with Crippen molar-refractivity contribution >= 4 is 28.9 Å². The first-order valence-electron chi connectivity index (χ1n) is 8.35. The van der Waals surface area contributed by atoms with Crippen LogP contribution in [0.1, 0.15) is 40.5 Å². The molecule has 0 aromatic carbocycles. The van der Waals surface area contributed by atoms with Crippen LogP contribution in [-0.4, -0.2) is 44.2 Å². The van der Waals surface area contributed by atoms with Gasteiger partial charge >= 0.3 is 11.8 Å². The van der Waals surface area contributed by atoms with Crippen molar-refractivity contribution in [1.82, 2.24) is 19.4 Å². The third-order valence-corrected chi connectivity index (χ3v) is 4.74. The lowest BCUT2D eigenvalue weighted by atomic mass is 9.89. The van der Waals surface area contributed by atoms with E-state index in [1.54, 1.807) is 21.6 Å². The first kappa shape index (κ1) is 17.8. The maximum absolute atomic E-state index is 12.5. The lowest BCUT2D eigenvalue weighted by molar-refractivity contribution is 0.0131. The van der Waals surface area contributed by atoms with Crippen molar-refractivity contribution < 1.29 is 9.53 Å². The number of hydrogen-bond acceptors (Lipinski definition) is 4. The summed E-state index contributed by atoms with van der Waals surface area (Å²) in [7, 11) is 0. The predicted octanol–water partition coefficient (Wildman–Crippen LogP) is 3.12. The molecular formula is C17H23ClN4O3. The van der Waals surface area contributed by atoms with Crippen molar-refractivity contribution in [2.45, 2.75) is 51.7 Å². The van der Waals surface area contributed by atoms with Crippen molar-refractivity contribution in [1.29, 1.82) is 0 Å². The molecule has 0 saturated carbocycles. The quantitative estimate of drug-likeness (QED) is 0.786. The number of pyridine rings is 1. The van der Waals surface area contributed by atoms with E-state index in [1.807, 2.05) is 27.7 Å². The first-order valence-corrected chi connectivity index (χ1v) is 8.73. The van der Waals surface area contributed by atoms with Gasteiger partial charge in [0.2, 0.25) is 0 Å². The van der Waals surface area contributed by atoms with Crippen LogP contribution < -0.4 is 5.69 Å². The second kappa shape index (κ2) is 6.05. The van der Waals surface area contributed by atoms with Crippen molar-refractivity contribution in [2.24, 2.45) is 0 Å². The van der Waals surface area contributed by atoms with Crippen LogP contribution in [0, 0.1) is 0 Å². The van der Waals surface area contributed by atoms with Gasteiger partial charge in [0.1, 0.15) is 10.8 Å². The Morgan fingerprint density at radius 1 is 1.32 bits per heavy atom. The van der Waals surface area contributed by atoms with Gasteiger partial charge in [-0.25, -0.2) is 14.6 Å². The molecule has 1 saturated heterocycles. The number of ether oxygens (including phenoxy) is 1. The molecule has 1 aliphatic rings. The van der Waals surface area contributed by atoms with Crippen LogP contribution in [0.2, 0.25) is 5.15 Å². The molecular weight excluding hydrogens is 344 g/mol. The molecule has 7 nitrogen and oxygen atoms in total. The topological polar surface area (TPSA) is 80.2 Å². The van der Waals surface area contributed by atoms with E-state index in [9.17, 15) is 9.59 Å². The number of halogens is 1. The fourth-order valence-electron chi connectivity index (χ4n) is 3.18. The minimum absolute atomic E-state index is 0.210. The Balaban J connectivity index is 1.84. The van der Waals surface area contributed by atoms with E-state index in [0.29, 0.717) is 42.2 Å². The number of carbonyl (C=O) groups is 1. The molecule has 0 aliphatic carbocycles. The average molecular weight is 367 g/mol. The number of aromatic amines is 1. The van der Waals surface area contributed by atoms with Gasteiger partial charge < -0.3 is 14.6 Å². The van der Waals surface area contributed by atoms with Gasteiger partial charge in [0.15, 0.2) is 5.65 Å². The minimum Gasteiger partial charge on any atom is -0.444 e. The number of imidazole rings is 1. The molecule has 1 amide bonds. The van der Waals surface area contributed by atoms with Crippen molar-refractivity contribution in [2.75, 3.05) is 13.1 Å². The molecule has 136 valence electrons. The van der Waals surface area contributed by atoms with Gasteiger partial charge in [-0.05, 0) is 52.7 Å². The van der Waals surface area contributed by atoms with Gasteiger partial charge in [0, 0.05) is 13.1 Å². The Morgan fingerprint density at radius 2 is 1.96 bits per heavy atom. The summed E-state index contributed by atoms with van der Waals surface area (Å²) in [5.74, 6) is 0. The normalized spacial score (nSPS) is 17.7. The minimum atomic E-state index is -0.522. The average Bonchev–Trinajstić information content (AvgIpc) is 2.81. The zero-order chi connectivity index (χ0) is 18.4. The van der Waals surface area contributed by atoms with E-state index >= 15 is 0 Å². The summed E-state index contributed by atoms with van der Waals surface area (Å²) in [6.07, 6.45) is 0.947. The smallest absolute Gasteiger partial charge is 0.410 e. The highest BCUT2D eigenvalue weighted by atomic mass is 35.5. The summed E-state index contributed by atoms with van der Waals surface area (Å²) in [5, 5.41) is 0.343. The highest BCUT2D eigenvalue weighted by Crippen LogP contribution is 2.31. The molecule has 25 heavy (non-hydrogen) atoms. The molecule has 2 aromatic heterocycles. The molecule has 0 bridgehead atoms. The number of amides is 1. The van der Waals surface area contributed by atoms with Crippen LogP contribution in [0.4, 0.5) is 4.79 Å². The lowest BCUT2D eigenvalue weighted by Crippen LogP contribution is -2.50. The molecule has 0 spiro atoms. The van der Waals surface area contributed by atoms with Gasteiger partial charge in [0.05, 0.1) is 11.1 Å². The predicted molar refractivity (Wildman–Crippen MR) is 96.1 cm³/mol. The third kappa shape index (κ3) is 3.51. The Hall–Kier alpha value is -2.02. The van der Waals surface area contributed by atoms with E-state index in [2.05, 4.69) is 9.97 Å². The van der Waals surface area contributed by atoms with Crippen LogP contribution >= 0.6 is 11.6 Å². The Labute approximate surface area is 150 Å². The second-order valence-corrected chi connectivity index (χ2v) is 8.12. The second-order valence-electron chi connectivity index (χ2n) is 7.74. The molecule has 0 unspecified atom stereocenters. The molecule has 1 aliphatic heterocycles. The SMILES string of the molecule is CC(C)(C)OC(=O)N1CCC(C)(n2c(=O)[nH]c3ccc(Cl)nc32)CC1. The summed E-state index contributed by atoms with van der Waals surface area (Å²) in [4.78, 5) is 33.5. The summed E-state index contributed by atoms with van der Waals surface area (Å²) >= 11 is 6.00. The Bertz CT molecular complexity index is 857. The maximum Gasteiger partial charge on any atom is 0.410 e. The Morgan fingerprint density at radius 3 is 2.56 bits per heavy atom. The number of likely N-dealkylation sites (tertiary alicyclic amines) is 1. The number of rotatable bonds is 1. The zero-order valence-corrected chi connectivity index (χ0v) is 15.7.